The van der Waals surface area contributed by atoms with Crippen molar-refractivity contribution < 1.29 is 9.53 Å². The van der Waals surface area contributed by atoms with Crippen LogP contribution in [0.4, 0.5) is 0 Å². The lowest BCUT2D eigenvalue weighted by atomic mass is 10.1. The predicted octanol–water partition coefficient (Wildman–Crippen LogP) is 4.31. The molecule has 0 aliphatic carbocycles. The molecule has 2 heterocycles. The Kier molecular flexibility index (Phi) is 5.67. The lowest BCUT2D eigenvalue weighted by Crippen LogP contribution is -2.05. The first kappa shape index (κ1) is 18.9. The second-order valence-electron chi connectivity index (χ2n) is 6.15. The highest BCUT2D eigenvalue weighted by Gasteiger charge is 2.17. The number of aromatic nitrogens is 4. The molecule has 0 atom stereocenters. The Morgan fingerprint density at radius 2 is 1.69 bits per heavy atom. The van der Waals surface area contributed by atoms with E-state index in [4.69, 9.17) is 4.74 Å². The van der Waals surface area contributed by atoms with Crippen molar-refractivity contribution in [1.29, 1.82) is 0 Å². The number of methoxy groups -OCH3 is 1. The minimum atomic E-state index is 0.0192. The molecule has 0 N–H and O–H groups in total. The fraction of sp³-hybridized carbons (Fsp3) is 0.0909. The van der Waals surface area contributed by atoms with Crippen LogP contribution in [0.1, 0.15) is 10.4 Å². The second-order valence-corrected chi connectivity index (χ2v) is 7.10. The van der Waals surface area contributed by atoms with Gasteiger partial charge in [0.05, 0.1) is 12.9 Å². The van der Waals surface area contributed by atoms with Gasteiger partial charge in [0.2, 0.25) is 0 Å². The fourth-order valence-electron chi connectivity index (χ4n) is 2.85. The molecule has 29 heavy (non-hydrogen) atoms. The summed E-state index contributed by atoms with van der Waals surface area (Å²) < 4.78 is 7.10. The first-order valence-electron chi connectivity index (χ1n) is 8.97. The minimum Gasteiger partial charge on any atom is -0.497 e. The standard InChI is InChI=1S/C22H18N4O2S/c1-28-19-9-7-16(8-10-19)20(27)15-29-22-25-24-21(17-11-13-23-14-12-17)26(22)18-5-3-2-4-6-18/h2-14H,15H2,1H3. The Bertz CT molecular complexity index is 1100. The van der Waals surface area contributed by atoms with E-state index in [1.807, 2.05) is 47.0 Å². The van der Waals surface area contributed by atoms with Crippen molar-refractivity contribution in [2.24, 2.45) is 0 Å². The number of ketones is 1. The molecular weight excluding hydrogens is 384 g/mol. The van der Waals surface area contributed by atoms with Gasteiger partial charge >= 0.3 is 0 Å². The number of rotatable bonds is 7. The summed E-state index contributed by atoms with van der Waals surface area (Å²) in [7, 11) is 1.60. The van der Waals surface area contributed by atoms with Crippen molar-refractivity contribution in [2.75, 3.05) is 12.9 Å². The van der Waals surface area contributed by atoms with E-state index in [9.17, 15) is 4.79 Å². The molecule has 0 unspecified atom stereocenters. The quantitative estimate of drug-likeness (QED) is 0.339. The number of carbonyl (C=O) groups is 1. The molecule has 0 spiro atoms. The third-order valence-electron chi connectivity index (χ3n) is 4.33. The van der Waals surface area contributed by atoms with Gasteiger partial charge in [-0.05, 0) is 48.5 Å². The number of benzene rings is 2. The highest BCUT2D eigenvalue weighted by atomic mass is 32.2. The number of pyridine rings is 1. The van der Waals surface area contributed by atoms with Crippen LogP contribution in [0.25, 0.3) is 17.1 Å². The monoisotopic (exact) mass is 402 g/mol. The van der Waals surface area contributed by atoms with Crippen molar-refractivity contribution in [1.82, 2.24) is 19.7 Å². The zero-order chi connectivity index (χ0) is 20.1. The van der Waals surface area contributed by atoms with E-state index in [-0.39, 0.29) is 11.5 Å². The molecule has 0 saturated carbocycles. The van der Waals surface area contributed by atoms with E-state index in [1.54, 1.807) is 43.8 Å². The van der Waals surface area contributed by atoms with E-state index < -0.39 is 0 Å². The number of nitrogens with zero attached hydrogens (tertiary/aromatic N) is 4. The Balaban J connectivity index is 1.62. The highest BCUT2D eigenvalue weighted by molar-refractivity contribution is 7.99. The number of thioether (sulfide) groups is 1. The van der Waals surface area contributed by atoms with Gasteiger partial charge < -0.3 is 4.74 Å². The van der Waals surface area contributed by atoms with Crippen LogP contribution in [-0.4, -0.2) is 38.4 Å². The molecule has 6 nitrogen and oxygen atoms in total. The van der Waals surface area contributed by atoms with E-state index in [2.05, 4.69) is 15.2 Å². The number of ether oxygens (including phenoxy) is 1. The maximum atomic E-state index is 12.6. The molecule has 2 aromatic heterocycles. The second kappa shape index (κ2) is 8.70. The number of hydrogen-bond donors (Lipinski definition) is 0. The minimum absolute atomic E-state index is 0.0192. The molecule has 0 radical (unpaired) electrons. The zero-order valence-electron chi connectivity index (χ0n) is 15.7. The summed E-state index contributed by atoms with van der Waals surface area (Å²) in [6.07, 6.45) is 3.44. The molecule has 0 aliphatic heterocycles. The number of carbonyl (C=O) groups excluding carboxylic acids is 1. The van der Waals surface area contributed by atoms with Gasteiger partial charge in [-0.25, -0.2) is 0 Å². The van der Waals surface area contributed by atoms with E-state index in [1.165, 1.54) is 11.8 Å². The van der Waals surface area contributed by atoms with Crippen LogP contribution in [-0.2, 0) is 0 Å². The average Bonchev–Trinajstić information content (AvgIpc) is 3.22. The average molecular weight is 402 g/mol. The van der Waals surface area contributed by atoms with Crippen LogP contribution in [0.3, 0.4) is 0 Å². The lowest BCUT2D eigenvalue weighted by molar-refractivity contribution is 0.102. The Labute approximate surface area is 172 Å². The van der Waals surface area contributed by atoms with Crippen molar-refractivity contribution in [2.45, 2.75) is 5.16 Å². The van der Waals surface area contributed by atoms with Gasteiger partial charge in [0.25, 0.3) is 0 Å². The number of hydrogen-bond acceptors (Lipinski definition) is 6. The predicted molar refractivity (Wildman–Crippen MR) is 113 cm³/mol. The molecular formula is C22H18N4O2S. The van der Waals surface area contributed by atoms with Crippen LogP contribution in [0.2, 0.25) is 0 Å². The van der Waals surface area contributed by atoms with Crippen molar-refractivity contribution in [3.8, 4) is 22.8 Å². The molecule has 0 fully saturated rings. The zero-order valence-corrected chi connectivity index (χ0v) is 16.5. The molecule has 2 aromatic carbocycles. The van der Waals surface area contributed by atoms with Crippen molar-refractivity contribution >= 4 is 17.5 Å². The lowest BCUT2D eigenvalue weighted by Gasteiger charge is -2.10. The molecule has 0 saturated heterocycles. The number of Topliss-reactive ketones (excluding diaryl/α,β-unsaturated/α-hetero) is 1. The van der Waals surface area contributed by atoms with Crippen LogP contribution in [0, 0.1) is 0 Å². The molecule has 0 bridgehead atoms. The summed E-state index contributed by atoms with van der Waals surface area (Å²) in [5, 5.41) is 9.38. The highest BCUT2D eigenvalue weighted by Crippen LogP contribution is 2.28. The summed E-state index contributed by atoms with van der Waals surface area (Å²) in [6.45, 7) is 0. The van der Waals surface area contributed by atoms with Gasteiger partial charge in [-0.2, -0.15) is 0 Å². The Morgan fingerprint density at radius 1 is 0.966 bits per heavy atom. The van der Waals surface area contributed by atoms with Gasteiger partial charge in [0.1, 0.15) is 5.75 Å². The fourth-order valence-corrected chi connectivity index (χ4v) is 3.70. The van der Waals surface area contributed by atoms with Gasteiger partial charge in [-0.15, -0.1) is 10.2 Å². The Morgan fingerprint density at radius 3 is 2.38 bits per heavy atom. The molecule has 0 amide bonds. The van der Waals surface area contributed by atoms with E-state index in [0.29, 0.717) is 16.5 Å². The molecule has 0 aliphatic rings. The van der Waals surface area contributed by atoms with Gasteiger partial charge in [-0.3, -0.25) is 14.3 Å². The topological polar surface area (TPSA) is 69.9 Å². The van der Waals surface area contributed by atoms with Gasteiger partial charge in [0.15, 0.2) is 16.8 Å². The van der Waals surface area contributed by atoms with E-state index >= 15 is 0 Å². The molecule has 4 rings (SSSR count). The summed E-state index contributed by atoms with van der Waals surface area (Å²) in [5.74, 6) is 1.71. The SMILES string of the molecule is COc1ccc(C(=O)CSc2nnc(-c3ccncc3)n2-c2ccccc2)cc1. The smallest absolute Gasteiger partial charge is 0.196 e. The van der Waals surface area contributed by atoms with Crippen LogP contribution < -0.4 is 4.74 Å². The molecule has 4 aromatic rings. The third kappa shape index (κ3) is 4.20. The van der Waals surface area contributed by atoms with E-state index in [0.717, 1.165) is 17.0 Å². The third-order valence-corrected chi connectivity index (χ3v) is 5.26. The molecule has 144 valence electrons. The maximum Gasteiger partial charge on any atom is 0.196 e. The summed E-state index contributed by atoms with van der Waals surface area (Å²) >= 11 is 1.36. The van der Waals surface area contributed by atoms with Gasteiger partial charge in [-0.1, -0.05) is 30.0 Å². The Hall–Kier alpha value is -3.45. The van der Waals surface area contributed by atoms with Crippen LogP contribution in [0.15, 0.2) is 84.3 Å². The summed E-state index contributed by atoms with van der Waals surface area (Å²) in [5.41, 5.74) is 2.48. The van der Waals surface area contributed by atoms with Crippen LogP contribution in [0.5, 0.6) is 5.75 Å². The van der Waals surface area contributed by atoms with Crippen molar-refractivity contribution in [3.63, 3.8) is 0 Å². The van der Waals surface area contributed by atoms with Crippen LogP contribution >= 0.6 is 11.8 Å². The van der Waals surface area contributed by atoms with Gasteiger partial charge in [0, 0.05) is 29.2 Å². The summed E-state index contributed by atoms with van der Waals surface area (Å²) in [6, 6.07) is 20.7. The number of para-hydroxylation sites is 1. The summed E-state index contributed by atoms with van der Waals surface area (Å²) in [4.78, 5) is 16.7. The maximum absolute atomic E-state index is 12.6. The first-order valence-corrected chi connectivity index (χ1v) is 9.96. The molecule has 7 heteroatoms. The van der Waals surface area contributed by atoms with Crippen molar-refractivity contribution in [3.05, 3.63) is 84.7 Å². The largest absolute Gasteiger partial charge is 0.497 e. The normalized spacial score (nSPS) is 10.7. The first-order chi connectivity index (χ1) is 14.3.